The lowest BCUT2D eigenvalue weighted by Crippen LogP contribution is -2.34. The summed E-state index contributed by atoms with van der Waals surface area (Å²) in [4.78, 5) is 21.6. The van der Waals surface area contributed by atoms with E-state index in [4.69, 9.17) is 10.8 Å². The average molecular weight is 269 g/mol. The van der Waals surface area contributed by atoms with E-state index >= 15 is 0 Å². The number of aliphatic carboxylic acids is 1. The Kier molecular flexibility index (Phi) is 4.77. The molecule has 2 saturated carbocycles. The van der Waals surface area contributed by atoms with Crippen molar-refractivity contribution >= 4 is 11.8 Å². The lowest BCUT2D eigenvalue weighted by molar-refractivity contribution is -0.139. The van der Waals surface area contributed by atoms with Crippen molar-refractivity contribution < 1.29 is 14.7 Å². The van der Waals surface area contributed by atoms with E-state index in [2.05, 4.69) is 20.8 Å². The van der Waals surface area contributed by atoms with Gasteiger partial charge in [0.2, 0.25) is 0 Å². The van der Waals surface area contributed by atoms with E-state index in [9.17, 15) is 9.59 Å². The van der Waals surface area contributed by atoms with Crippen molar-refractivity contribution in [3.63, 3.8) is 0 Å². The topological polar surface area (TPSA) is 80.4 Å². The molecule has 4 atom stereocenters. The predicted molar refractivity (Wildman–Crippen MR) is 74.6 cm³/mol. The minimum Gasteiger partial charge on any atom is -0.480 e. The number of carbonyl (C=O) groups is 2. The zero-order valence-corrected chi connectivity index (χ0v) is 12.6. The molecule has 0 radical (unpaired) electrons. The number of carboxylic acids is 1. The van der Waals surface area contributed by atoms with Crippen LogP contribution >= 0.6 is 0 Å². The van der Waals surface area contributed by atoms with E-state index in [0.29, 0.717) is 23.0 Å². The van der Waals surface area contributed by atoms with Crippen LogP contribution in [0.1, 0.15) is 47.5 Å². The quantitative estimate of drug-likeness (QED) is 0.806. The molecule has 0 aromatic carbocycles. The number of hydrogen-bond donors (Lipinski definition) is 2. The first-order chi connectivity index (χ1) is 8.60. The third-order valence-electron chi connectivity index (χ3n) is 4.76. The zero-order chi connectivity index (χ0) is 15.0. The van der Waals surface area contributed by atoms with Crippen LogP contribution in [0.5, 0.6) is 0 Å². The van der Waals surface area contributed by atoms with Crippen molar-refractivity contribution in [1.82, 2.24) is 0 Å². The highest BCUT2D eigenvalue weighted by Crippen LogP contribution is 2.64. The Morgan fingerprint density at radius 2 is 1.89 bits per heavy atom. The zero-order valence-electron chi connectivity index (χ0n) is 12.6. The summed E-state index contributed by atoms with van der Waals surface area (Å²) in [6.07, 6.45) is 2.41. The summed E-state index contributed by atoms with van der Waals surface area (Å²) in [6.45, 7) is 10.1. The monoisotopic (exact) mass is 269 g/mol. The molecular weight excluding hydrogens is 242 g/mol. The molecule has 0 aromatic heterocycles. The molecule has 3 N–H and O–H groups in total. The van der Waals surface area contributed by atoms with E-state index in [1.807, 2.05) is 0 Å². The number of hydrogen-bond acceptors (Lipinski definition) is 3. The number of rotatable bonds is 2. The second kappa shape index (κ2) is 5.61. The van der Waals surface area contributed by atoms with Crippen LogP contribution in [0.4, 0.5) is 0 Å². The lowest BCUT2D eigenvalue weighted by atomic mass is 9.90. The number of fused-ring (bicyclic) bond motifs is 1. The van der Waals surface area contributed by atoms with Crippen molar-refractivity contribution in [2.45, 2.75) is 53.5 Å². The summed E-state index contributed by atoms with van der Waals surface area (Å²) in [6, 6.07) is -0.713. The van der Waals surface area contributed by atoms with Gasteiger partial charge in [0.15, 0.2) is 0 Å². The molecule has 0 spiro atoms. The van der Waals surface area contributed by atoms with Crippen LogP contribution in [0.2, 0.25) is 0 Å². The van der Waals surface area contributed by atoms with Crippen LogP contribution in [0.15, 0.2) is 0 Å². The van der Waals surface area contributed by atoms with Crippen LogP contribution < -0.4 is 5.73 Å². The summed E-state index contributed by atoms with van der Waals surface area (Å²) in [5.41, 5.74) is 5.51. The van der Waals surface area contributed by atoms with E-state index < -0.39 is 12.0 Å². The van der Waals surface area contributed by atoms with E-state index in [-0.39, 0.29) is 5.92 Å². The number of Topliss-reactive ketones (excluding diaryl/α,β-unsaturated/α-hetero) is 1. The number of carbonyl (C=O) groups excluding carboxylic acids is 1. The molecule has 0 bridgehead atoms. The van der Waals surface area contributed by atoms with Crippen LogP contribution in [0.3, 0.4) is 0 Å². The molecule has 4 heteroatoms. The van der Waals surface area contributed by atoms with Gasteiger partial charge in [-0.25, -0.2) is 0 Å². The maximum atomic E-state index is 11.6. The summed E-state index contributed by atoms with van der Waals surface area (Å²) in [5.74, 6) is 1.12. The van der Waals surface area contributed by atoms with Crippen LogP contribution in [-0.2, 0) is 9.59 Å². The first kappa shape index (κ1) is 16.2. The van der Waals surface area contributed by atoms with Gasteiger partial charge in [0.25, 0.3) is 0 Å². The van der Waals surface area contributed by atoms with Gasteiger partial charge >= 0.3 is 5.97 Å². The van der Waals surface area contributed by atoms with Gasteiger partial charge in [-0.1, -0.05) is 34.6 Å². The molecule has 0 amide bonds. The van der Waals surface area contributed by atoms with Crippen molar-refractivity contribution in [2.24, 2.45) is 34.8 Å². The SMILES string of the molecule is CC(C)[C@H](N)C(=O)O.CC1CCC2C(C1=O)C2(C)C. The largest absolute Gasteiger partial charge is 0.480 e. The molecule has 0 aromatic rings. The molecule has 4 nitrogen and oxygen atoms in total. The molecule has 3 unspecified atom stereocenters. The number of carboxylic acid groups (broad SMARTS) is 1. The van der Waals surface area contributed by atoms with Gasteiger partial charge in [-0.2, -0.15) is 0 Å². The van der Waals surface area contributed by atoms with E-state index in [1.54, 1.807) is 13.8 Å². The average Bonchev–Trinajstić information content (AvgIpc) is 2.86. The van der Waals surface area contributed by atoms with Gasteiger partial charge in [-0.3, -0.25) is 9.59 Å². The van der Waals surface area contributed by atoms with Gasteiger partial charge < -0.3 is 10.8 Å². The molecule has 2 rings (SSSR count). The van der Waals surface area contributed by atoms with Crippen LogP contribution in [0.25, 0.3) is 0 Å². The standard InChI is InChI=1S/C10H16O.C5H11NO2/c1-6-4-5-7-8(9(6)11)10(7,2)3;1-3(2)4(6)5(7)8/h6-8H,4-5H2,1-3H3;3-4H,6H2,1-2H3,(H,7,8)/t;4-/m.0/s1. The van der Waals surface area contributed by atoms with Crippen molar-refractivity contribution in [3.05, 3.63) is 0 Å². The fraction of sp³-hybridized carbons (Fsp3) is 0.867. The minimum atomic E-state index is -0.931. The maximum absolute atomic E-state index is 11.6. The van der Waals surface area contributed by atoms with Crippen molar-refractivity contribution in [1.29, 1.82) is 0 Å². The maximum Gasteiger partial charge on any atom is 0.320 e. The van der Waals surface area contributed by atoms with Crippen molar-refractivity contribution in [2.75, 3.05) is 0 Å². The smallest absolute Gasteiger partial charge is 0.320 e. The minimum absolute atomic E-state index is 0.0208. The molecule has 0 saturated heterocycles. The molecule has 110 valence electrons. The molecular formula is C15H27NO3. The fourth-order valence-electron chi connectivity index (χ4n) is 3.01. The Balaban J connectivity index is 0.000000203. The van der Waals surface area contributed by atoms with Gasteiger partial charge in [0.1, 0.15) is 11.8 Å². The summed E-state index contributed by atoms with van der Waals surface area (Å²) in [5, 5.41) is 8.23. The summed E-state index contributed by atoms with van der Waals surface area (Å²) >= 11 is 0. The molecule has 2 aliphatic carbocycles. The number of nitrogens with two attached hydrogens (primary N) is 1. The van der Waals surface area contributed by atoms with Gasteiger partial charge in [0.05, 0.1) is 0 Å². The molecule has 0 aliphatic heterocycles. The Morgan fingerprint density at radius 1 is 1.37 bits per heavy atom. The first-order valence-electron chi connectivity index (χ1n) is 7.12. The number of ketones is 1. The summed E-state index contributed by atoms with van der Waals surface area (Å²) < 4.78 is 0. The predicted octanol–water partition coefficient (Wildman–Crippen LogP) is 2.31. The molecule has 2 fully saturated rings. The van der Waals surface area contributed by atoms with E-state index in [0.717, 1.165) is 12.3 Å². The lowest BCUT2D eigenvalue weighted by Gasteiger charge is -2.14. The second-order valence-corrected chi connectivity index (χ2v) is 6.89. The molecule has 19 heavy (non-hydrogen) atoms. The Hall–Kier alpha value is -0.900. The summed E-state index contributed by atoms with van der Waals surface area (Å²) in [7, 11) is 0. The highest BCUT2D eigenvalue weighted by molar-refractivity contribution is 5.88. The molecule has 2 aliphatic rings. The Morgan fingerprint density at radius 3 is 2.21 bits per heavy atom. The first-order valence-corrected chi connectivity index (χ1v) is 7.12. The highest BCUT2D eigenvalue weighted by Gasteiger charge is 2.63. The van der Waals surface area contributed by atoms with E-state index in [1.165, 1.54) is 6.42 Å². The van der Waals surface area contributed by atoms with Gasteiger partial charge in [0, 0.05) is 11.8 Å². The Labute approximate surface area is 115 Å². The Bertz CT molecular complexity index is 362. The highest BCUT2D eigenvalue weighted by atomic mass is 16.4. The van der Waals surface area contributed by atoms with Crippen molar-refractivity contribution in [3.8, 4) is 0 Å². The van der Waals surface area contributed by atoms with Crippen LogP contribution in [0, 0.1) is 29.1 Å². The van der Waals surface area contributed by atoms with Gasteiger partial charge in [-0.05, 0) is 30.1 Å². The van der Waals surface area contributed by atoms with Crippen LogP contribution in [-0.4, -0.2) is 22.9 Å². The third-order valence-corrected chi connectivity index (χ3v) is 4.76. The molecule has 0 heterocycles. The second-order valence-electron chi connectivity index (χ2n) is 6.89. The third kappa shape index (κ3) is 3.35. The fourth-order valence-corrected chi connectivity index (χ4v) is 3.01. The normalized spacial score (nSPS) is 33.0. The van der Waals surface area contributed by atoms with Gasteiger partial charge in [-0.15, -0.1) is 0 Å².